The lowest BCUT2D eigenvalue weighted by molar-refractivity contribution is 0.382. The van der Waals surface area contributed by atoms with Crippen molar-refractivity contribution in [3.8, 4) is 5.75 Å². The van der Waals surface area contributed by atoms with E-state index in [1.807, 2.05) is 19.2 Å². The molecular formula is C14H22FNO. The van der Waals surface area contributed by atoms with Gasteiger partial charge in [0.05, 0.1) is 7.11 Å². The summed E-state index contributed by atoms with van der Waals surface area (Å²) >= 11 is 0. The van der Waals surface area contributed by atoms with E-state index in [4.69, 9.17) is 4.74 Å². The lowest BCUT2D eigenvalue weighted by Gasteiger charge is -2.16. The summed E-state index contributed by atoms with van der Waals surface area (Å²) in [6.07, 6.45) is 4.11. The van der Waals surface area contributed by atoms with Crippen LogP contribution in [0.2, 0.25) is 0 Å². The van der Waals surface area contributed by atoms with Crippen molar-refractivity contribution >= 4 is 0 Å². The van der Waals surface area contributed by atoms with Gasteiger partial charge in [0, 0.05) is 6.04 Å². The van der Waals surface area contributed by atoms with Crippen LogP contribution in [0.15, 0.2) is 18.2 Å². The number of hydrogen-bond donors (Lipinski definition) is 1. The Hall–Kier alpha value is -1.09. The maximum Gasteiger partial charge on any atom is 0.168 e. The van der Waals surface area contributed by atoms with Crippen LogP contribution in [0.1, 0.15) is 31.7 Å². The molecule has 2 nitrogen and oxygen atoms in total. The first-order chi connectivity index (χ1) is 8.22. The molecule has 3 heteroatoms. The number of methoxy groups -OCH3 is 1. The molecule has 1 unspecified atom stereocenters. The van der Waals surface area contributed by atoms with Crippen molar-refractivity contribution in [2.24, 2.45) is 0 Å². The predicted molar refractivity (Wildman–Crippen MR) is 69.0 cm³/mol. The van der Waals surface area contributed by atoms with Gasteiger partial charge in [-0.3, -0.25) is 0 Å². The van der Waals surface area contributed by atoms with Gasteiger partial charge in [0.25, 0.3) is 0 Å². The zero-order valence-corrected chi connectivity index (χ0v) is 10.9. The molecule has 0 amide bonds. The lowest BCUT2D eigenvalue weighted by Crippen LogP contribution is -2.27. The quantitative estimate of drug-likeness (QED) is 0.789. The Morgan fingerprint density at radius 3 is 2.76 bits per heavy atom. The Bertz CT molecular complexity index is 341. The number of ether oxygens (including phenoxy) is 1. The molecular weight excluding hydrogens is 217 g/mol. The van der Waals surface area contributed by atoms with E-state index < -0.39 is 0 Å². The van der Waals surface area contributed by atoms with Crippen molar-refractivity contribution in [2.75, 3.05) is 14.2 Å². The molecule has 0 fully saturated rings. The summed E-state index contributed by atoms with van der Waals surface area (Å²) in [6, 6.07) is 5.65. The number of hydrogen-bond acceptors (Lipinski definition) is 2. The van der Waals surface area contributed by atoms with Crippen molar-refractivity contribution in [2.45, 2.75) is 38.6 Å². The van der Waals surface area contributed by atoms with Crippen LogP contribution in [0.3, 0.4) is 0 Å². The molecule has 0 aromatic heterocycles. The average Bonchev–Trinajstić information content (AvgIpc) is 2.36. The summed E-state index contributed by atoms with van der Waals surface area (Å²) in [5.74, 6) is 0.0968. The molecule has 0 aliphatic heterocycles. The normalized spacial score (nSPS) is 12.5. The third kappa shape index (κ3) is 4.00. The summed E-state index contributed by atoms with van der Waals surface area (Å²) in [5.41, 5.74) is 0.722. The van der Waals surface area contributed by atoms with E-state index >= 15 is 0 Å². The van der Waals surface area contributed by atoms with Gasteiger partial charge in [-0.2, -0.15) is 0 Å². The Morgan fingerprint density at radius 1 is 1.41 bits per heavy atom. The first-order valence-electron chi connectivity index (χ1n) is 6.21. The first-order valence-corrected chi connectivity index (χ1v) is 6.21. The second kappa shape index (κ2) is 7.28. The molecule has 0 spiro atoms. The van der Waals surface area contributed by atoms with Gasteiger partial charge in [0.15, 0.2) is 11.6 Å². The standard InChI is InChI=1S/C14H22FNO/c1-4-5-8-12(16-2)10-11-7-6-9-13(17-3)14(11)15/h6-7,9,12,16H,4-5,8,10H2,1-3H3. The minimum Gasteiger partial charge on any atom is -0.494 e. The number of nitrogens with one attached hydrogen (secondary N) is 1. The summed E-state index contributed by atoms with van der Waals surface area (Å²) in [5, 5.41) is 3.24. The number of benzene rings is 1. The highest BCUT2D eigenvalue weighted by Crippen LogP contribution is 2.21. The number of halogens is 1. The summed E-state index contributed by atoms with van der Waals surface area (Å²) < 4.78 is 18.9. The Balaban J connectivity index is 2.72. The molecule has 1 N–H and O–H groups in total. The highest BCUT2D eigenvalue weighted by molar-refractivity contribution is 5.31. The van der Waals surface area contributed by atoms with E-state index in [0.29, 0.717) is 18.2 Å². The van der Waals surface area contributed by atoms with Gasteiger partial charge < -0.3 is 10.1 Å². The Kier molecular flexibility index (Phi) is 5.98. The lowest BCUT2D eigenvalue weighted by atomic mass is 10.0. The third-order valence-corrected chi connectivity index (χ3v) is 3.04. The smallest absolute Gasteiger partial charge is 0.168 e. The van der Waals surface area contributed by atoms with Gasteiger partial charge in [0.2, 0.25) is 0 Å². The minimum atomic E-state index is -0.230. The third-order valence-electron chi connectivity index (χ3n) is 3.04. The molecule has 1 atom stereocenters. The summed E-state index contributed by atoms with van der Waals surface area (Å²) in [7, 11) is 3.42. The Morgan fingerprint density at radius 2 is 2.18 bits per heavy atom. The fourth-order valence-electron chi connectivity index (χ4n) is 1.94. The topological polar surface area (TPSA) is 21.3 Å². The van der Waals surface area contributed by atoms with Crippen LogP contribution in [-0.4, -0.2) is 20.2 Å². The molecule has 96 valence electrons. The molecule has 1 rings (SSSR count). The fourth-order valence-corrected chi connectivity index (χ4v) is 1.94. The number of unbranched alkanes of at least 4 members (excludes halogenated alkanes) is 1. The van der Waals surface area contributed by atoms with Gasteiger partial charge >= 0.3 is 0 Å². The molecule has 1 aromatic carbocycles. The van der Waals surface area contributed by atoms with Crippen molar-refractivity contribution in [3.63, 3.8) is 0 Å². The first kappa shape index (κ1) is 14.0. The van der Waals surface area contributed by atoms with Crippen molar-refractivity contribution in [1.82, 2.24) is 5.32 Å². The molecule has 0 saturated carbocycles. The molecule has 0 aliphatic rings. The van der Waals surface area contributed by atoms with E-state index in [-0.39, 0.29) is 5.82 Å². The molecule has 0 saturated heterocycles. The zero-order valence-electron chi connectivity index (χ0n) is 10.9. The van der Waals surface area contributed by atoms with Gasteiger partial charge in [-0.1, -0.05) is 31.9 Å². The van der Waals surface area contributed by atoms with Gasteiger partial charge in [-0.25, -0.2) is 4.39 Å². The van der Waals surface area contributed by atoms with Gasteiger partial charge in [0.1, 0.15) is 0 Å². The molecule has 0 radical (unpaired) electrons. The van der Waals surface area contributed by atoms with Gasteiger partial charge in [-0.15, -0.1) is 0 Å². The number of likely N-dealkylation sites (N-methyl/N-ethyl adjacent to an activating group) is 1. The van der Waals surface area contributed by atoms with Crippen molar-refractivity contribution in [3.05, 3.63) is 29.6 Å². The number of rotatable bonds is 7. The van der Waals surface area contributed by atoms with Crippen LogP contribution in [-0.2, 0) is 6.42 Å². The largest absolute Gasteiger partial charge is 0.494 e. The second-order valence-corrected chi connectivity index (χ2v) is 4.27. The van der Waals surface area contributed by atoms with Gasteiger partial charge in [-0.05, 0) is 31.5 Å². The molecule has 1 aromatic rings. The highest BCUT2D eigenvalue weighted by Gasteiger charge is 2.13. The zero-order chi connectivity index (χ0) is 12.7. The fraction of sp³-hybridized carbons (Fsp3) is 0.571. The maximum atomic E-state index is 13.9. The highest BCUT2D eigenvalue weighted by atomic mass is 19.1. The van der Waals surface area contributed by atoms with E-state index in [2.05, 4.69) is 12.2 Å². The van der Waals surface area contributed by atoms with Crippen LogP contribution in [0.4, 0.5) is 4.39 Å². The average molecular weight is 239 g/mol. The van der Waals surface area contributed by atoms with Crippen molar-refractivity contribution in [1.29, 1.82) is 0 Å². The minimum absolute atomic E-state index is 0.230. The van der Waals surface area contributed by atoms with Crippen LogP contribution < -0.4 is 10.1 Å². The molecule has 0 aliphatic carbocycles. The molecule has 17 heavy (non-hydrogen) atoms. The Labute approximate surface area is 103 Å². The van der Waals surface area contributed by atoms with Crippen LogP contribution in [0.5, 0.6) is 5.75 Å². The second-order valence-electron chi connectivity index (χ2n) is 4.27. The summed E-state index contributed by atoms with van der Waals surface area (Å²) in [4.78, 5) is 0. The van der Waals surface area contributed by atoms with Crippen LogP contribution in [0.25, 0.3) is 0 Å². The maximum absolute atomic E-state index is 13.9. The van der Waals surface area contributed by atoms with E-state index in [1.165, 1.54) is 13.5 Å². The predicted octanol–water partition coefficient (Wildman–Crippen LogP) is 3.16. The van der Waals surface area contributed by atoms with E-state index in [1.54, 1.807) is 6.07 Å². The van der Waals surface area contributed by atoms with Crippen molar-refractivity contribution < 1.29 is 9.13 Å². The molecule has 0 bridgehead atoms. The summed E-state index contributed by atoms with van der Waals surface area (Å²) in [6.45, 7) is 2.17. The SMILES string of the molecule is CCCCC(Cc1cccc(OC)c1F)NC. The van der Waals surface area contributed by atoms with E-state index in [9.17, 15) is 4.39 Å². The van der Waals surface area contributed by atoms with Crippen LogP contribution >= 0.6 is 0 Å². The van der Waals surface area contributed by atoms with E-state index in [0.717, 1.165) is 18.4 Å². The molecule has 0 heterocycles. The van der Waals surface area contributed by atoms with Crippen LogP contribution in [0, 0.1) is 5.82 Å². The monoisotopic (exact) mass is 239 g/mol.